The molecule has 1 fully saturated rings. The van der Waals surface area contributed by atoms with Crippen LogP contribution in [0.1, 0.15) is 12.0 Å². The minimum atomic E-state index is -4.77. The first-order valence-electron chi connectivity index (χ1n) is 8.16. The Morgan fingerprint density at radius 1 is 1.43 bits per heavy atom. The number of nitrogens with zero attached hydrogens (tertiary/aromatic N) is 1. The van der Waals surface area contributed by atoms with Gasteiger partial charge in [-0.1, -0.05) is 18.2 Å². The van der Waals surface area contributed by atoms with Crippen LogP contribution in [0.4, 0.5) is 17.6 Å². The minimum Gasteiger partial charge on any atom is -0.389 e. The monoisotopic (exact) mass is 423 g/mol. The van der Waals surface area contributed by atoms with Gasteiger partial charge in [0.1, 0.15) is 11.9 Å². The molecule has 3 N–H and O–H groups in total. The molecule has 0 aliphatic carbocycles. The van der Waals surface area contributed by atoms with Crippen molar-refractivity contribution >= 4 is 23.4 Å². The molecular formula is C17H18ClF4N3O3. The molecule has 1 aliphatic rings. The number of nitrogens with one attached hydrogen (secondary N) is 2. The molecule has 2 rings (SSSR count). The third-order valence-electron chi connectivity index (χ3n) is 4.29. The zero-order valence-corrected chi connectivity index (χ0v) is 15.3. The third-order valence-corrected chi connectivity index (χ3v) is 4.51. The number of carbonyl (C=O) groups excluding carboxylic acids is 2. The van der Waals surface area contributed by atoms with E-state index >= 15 is 0 Å². The molecule has 1 aliphatic heterocycles. The van der Waals surface area contributed by atoms with Gasteiger partial charge >= 0.3 is 6.18 Å². The first kappa shape index (κ1) is 22.0. The number of rotatable bonds is 7. The SMILES string of the molecule is C=CNCC(N1CCC(O)(C(=O)NCc2cc(F)cc(Cl)c2)C1=O)C(F)(F)F. The topological polar surface area (TPSA) is 81.7 Å². The first-order valence-corrected chi connectivity index (χ1v) is 8.54. The summed E-state index contributed by atoms with van der Waals surface area (Å²) in [6, 6.07) is 1.26. The number of likely N-dealkylation sites (tertiary alicyclic amines) is 1. The van der Waals surface area contributed by atoms with Crippen LogP contribution in [0.5, 0.6) is 0 Å². The van der Waals surface area contributed by atoms with Crippen molar-refractivity contribution in [3.63, 3.8) is 0 Å². The number of hydrogen-bond acceptors (Lipinski definition) is 4. The first-order chi connectivity index (χ1) is 13.0. The molecule has 2 amide bonds. The molecule has 1 heterocycles. The lowest BCUT2D eigenvalue weighted by molar-refractivity contribution is -0.189. The summed E-state index contributed by atoms with van der Waals surface area (Å²) in [4.78, 5) is 25.1. The fourth-order valence-corrected chi connectivity index (χ4v) is 3.12. The van der Waals surface area contributed by atoms with Crippen molar-refractivity contribution in [1.82, 2.24) is 15.5 Å². The van der Waals surface area contributed by atoms with E-state index in [0.717, 1.165) is 18.3 Å². The van der Waals surface area contributed by atoms with Gasteiger partial charge in [0, 0.05) is 31.1 Å². The van der Waals surface area contributed by atoms with Gasteiger partial charge in [-0.2, -0.15) is 13.2 Å². The van der Waals surface area contributed by atoms with E-state index in [1.165, 1.54) is 6.07 Å². The van der Waals surface area contributed by atoms with Crippen LogP contribution in [-0.2, 0) is 16.1 Å². The molecule has 154 valence electrons. The van der Waals surface area contributed by atoms with Gasteiger partial charge in [-0.25, -0.2) is 4.39 Å². The second-order valence-electron chi connectivity index (χ2n) is 6.24. The average Bonchev–Trinajstić information content (AvgIpc) is 2.88. The van der Waals surface area contributed by atoms with E-state index in [0.29, 0.717) is 4.90 Å². The summed E-state index contributed by atoms with van der Waals surface area (Å²) >= 11 is 5.70. The van der Waals surface area contributed by atoms with E-state index < -0.39 is 55.0 Å². The highest BCUT2D eigenvalue weighted by Gasteiger charge is 2.57. The highest BCUT2D eigenvalue weighted by Crippen LogP contribution is 2.32. The fourth-order valence-electron chi connectivity index (χ4n) is 2.88. The quantitative estimate of drug-likeness (QED) is 0.461. The van der Waals surface area contributed by atoms with E-state index in [-0.39, 0.29) is 17.1 Å². The summed E-state index contributed by atoms with van der Waals surface area (Å²) < 4.78 is 53.1. The summed E-state index contributed by atoms with van der Waals surface area (Å²) in [5.74, 6) is -3.17. The van der Waals surface area contributed by atoms with Crippen molar-refractivity contribution in [3.8, 4) is 0 Å². The molecule has 0 bridgehead atoms. The number of hydrogen-bond donors (Lipinski definition) is 3. The number of aliphatic hydroxyl groups is 1. The summed E-state index contributed by atoms with van der Waals surface area (Å²) in [6.45, 7) is 1.85. The second-order valence-corrected chi connectivity index (χ2v) is 6.68. The van der Waals surface area contributed by atoms with E-state index in [2.05, 4.69) is 17.2 Å². The van der Waals surface area contributed by atoms with Crippen LogP contribution >= 0.6 is 11.6 Å². The van der Waals surface area contributed by atoms with Gasteiger partial charge in [-0.05, 0) is 30.0 Å². The summed E-state index contributed by atoms with van der Waals surface area (Å²) in [5, 5.41) is 15.0. The van der Waals surface area contributed by atoms with Gasteiger partial charge in [-0.3, -0.25) is 9.59 Å². The predicted octanol–water partition coefficient (Wildman–Crippen LogP) is 1.72. The Kier molecular flexibility index (Phi) is 6.56. The molecule has 2 atom stereocenters. The zero-order valence-electron chi connectivity index (χ0n) is 14.5. The molecule has 0 saturated carbocycles. The third kappa shape index (κ3) is 4.74. The molecule has 11 heteroatoms. The molecule has 1 aromatic carbocycles. The van der Waals surface area contributed by atoms with Crippen LogP contribution in [0.3, 0.4) is 0 Å². The Morgan fingerprint density at radius 3 is 2.68 bits per heavy atom. The van der Waals surface area contributed by atoms with Crippen molar-refractivity contribution in [3.05, 3.63) is 47.4 Å². The lowest BCUT2D eigenvalue weighted by Gasteiger charge is -2.30. The standard InChI is InChI=1S/C17H18ClF4N3O3/c1-2-23-9-13(17(20,21)22)25-4-3-16(28,15(25)27)14(26)24-8-10-5-11(18)7-12(19)6-10/h2,5-7,13,23,28H,1,3-4,8-9H2,(H,24,26). The lowest BCUT2D eigenvalue weighted by Crippen LogP contribution is -2.57. The predicted molar refractivity (Wildman–Crippen MR) is 92.6 cm³/mol. The number of benzene rings is 1. The van der Waals surface area contributed by atoms with E-state index in [1.807, 2.05) is 0 Å². The lowest BCUT2D eigenvalue weighted by atomic mass is 10.0. The van der Waals surface area contributed by atoms with Gasteiger partial charge in [0.05, 0.1) is 0 Å². The average molecular weight is 424 g/mol. The van der Waals surface area contributed by atoms with Crippen molar-refractivity contribution in [1.29, 1.82) is 0 Å². The zero-order chi connectivity index (χ0) is 21.1. The molecule has 2 unspecified atom stereocenters. The number of alkyl halides is 3. The van der Waals surface area contributed by atoms with Crippen LogP contribution in [0.25, 0.3) is 0 Å². The maximum Gasteiger partial charge on any atom is 0.410 e. The van der Waals surface area contributed by atoms with E-state index in [9.17, 15) is 32.3 Å². The number of halogens is 5. The van der Waals surface area contributed by atoms with Crippen molar-refractivity contribution in [2.75, 3.05) is 13.1 Å². The molecular weight excluding hydrogens is 406 g/mol. The van der Waals surface area contributed by atoms with Gasteiger partial charge in [-0.15, -0.1) is 0 Å². The smallest absolute Gasteiger partial charge is 0.389 e. The highest BCUT2D eigenvalue weighted by atomic mass is 35.5. The molecule has 0 spiro atoms. The highest BCUT2D eigenvalue weighted by molar-refractivity contribution is 6.30. The van der Waals surface area contributed by atoms with Crippen molar-refractivity contribution < 1.29 is 32.3 Å². The Labute approximate surface area is 163 Å². The molecule has 1 aromatic rings. The fraction of sp³-hybridized carbons (Fsp3) is 0.412. The Balaban J connectivity index is 2.11. The van der Waals surface area contributed by atoms with Crippen LogP contribution in [0, 0.1) is 5.82 Å². The molecule has 0 radical (unpaired) electrons. The Bertz CT molecular complexity index is 754. The van der Waals surface area contributed by atoms with Crippen molar-refractivity contribution in [2.45, 2.75) is 30.8 Å². The Morgan fingerprint density at radius 2 is 2.11 bits per heavy atom. The second kappa shape index (κ2) is 8.36. The summed E-state index contributed by atoms with van der Waals surface area (Å²) in [6.07, 6.45) is -4.24. The van der Waals surface area contributed by atoms with Gasteiger partial charge < -0.3 is 20.6 Å². The van der Waals surface area contributed by atoms with Gasteiger partial charge in [0.25, 0.3) is 11.8 Å². The molecule has 1 saturated heterocycles. The van der Waals surface area contributed by atoms with Crippen LogP contribution in [0.15, 0.2) is 31.0 Å². The van der Waals surface area contributed by atoms with Crippen LogP contribution in [0.2, 0.25) is 5.02 Å². The molecule has 0 aromatic heterocycles. The largest absolute Gasteiger partial charge is 0.410 e. The maximum atomic E-state index is 13.3. The van der Waals surface area contributed by atoms with Crippen LogP contribution < -0.4 is 10.6 Å². The minimum absolute atomic E-state index is 0.0776. The van der Waals surface area contributed by atoms with E-state index in [4.69, 9.17) is 11.6 Å². The number of carbonyl (C=O) groups is 2. The van der Waals surface area contributed by atoms with Gasteiger partial charge in [0.15, 0.2) is 0 Å². The van der Waals surface area contributed by atoms with Gasteiger partial charge in [0.2, 0.25) is 5.60 Å². The summed E-state index contributed by atoms with van der Waals surface area (Å²) in [7, 11) is 0. The maximum absolute atomic E-state index is 13.3. The summed E-state index contributed by atoms with van der Waals surface area (Å²) in [5.41, 5.74) is -2.39. The Hall–Kier alpha value is -2.33. The van der Waals surface area contributed by atoms with E-state index in [1.54, 1.807) is 0 Å². The van der Waals surface area contributed by atoms with Crippen molar-refractivity contribution in [2.24, 2.45) is 0 Å². The van der Waals surface area contributed by atoms with Crippen LogP contribution in [-0.4, -0.2) is 52.7 Å². The molecule has 6 nitrogen and oxygen atoms in total. The normalized spacial score (nSPS) is 20.8. The molecule has 28 heavy (non-hydrogen) atoms. The number of amides is 2.